The summed E-state index contributed by atoms with van der Waals surface area (Å²) in [6.07, 6.45) is 0. The van der Waals surface area contributed by atoms with Crippen molar-refractivity contribution in [3.63, 3.8) is 0 Å². The molecule has 0 unspecified atom stereocenters. The average Bonchev–Trinajstić information content (AvgIpc) is 1.85. The van der Waals surface area contributed by atoms with Gasteiger partial charge in [-0.3, -0.25) is 0 Å². The Morgan fingerprint density at radius 3 is 2.27 bits per heavy atom. The van der Waals surface area contributed by atoms with Gasteiger partial charge in [0.15, 0.2) is 0 Å². The van der Waals surface area contributed by atoms with E-state index in [0.717, 1.165) is 3.57 Å². The van der Waals surface area contributed by atoms with Crippen LogP contribution < -0.4 is 0 Å². The number of aryl methyl sites for hydroxylation is 2. The van der Waals surface area contributed by atoms with Gasteiger partial charge in [-0.05, 0) is 0 Å². The third-order valence-corrected chi connectivity index (χ3v) is 5.62. The van der Waals surface area contributed by atoms with Gasteiger partial charge in [-0.15, -0.1) is 0 Å². The van der Waals surface area contributed by atoms with Crippen LogP contribution in [0, 0.1) is 17.4 Å². The van der Waals surface area contributed by atoms with Crippen molar-refractivity contribution in [1.29, 1.82) is 0 Å². The predicted molar refractivity (Wildman–Crippen MR) is 60.3 cm³/mol. The van der Waals surface area contributed by atoms with Gasteiger partial charge in [-0.1, -0.05) is 0 Å². The molecule has 0 amide bonds. The molecule has 0 atom stereocenters. The van der Waals surface area contributed by atoms with Gasteiger partial charge in [0, 0.05) is 0 Å². The Bertz CT molecular complexity index is 258. The number of hydrogen-bond donors (Lipinski definition) is 0. The fourth-order valence-electron chi connectivity index (χ4n) is 0.955. The second kappa shape index (κ2) is 3.97. The molecule has 0 aliphatic carbocycles. The first-order valence-corrected chi connectivity index (χ1v) is 9.76. The molecule has 0 saturated heterocycles. The van der Waals surface area contributed by atoms with Crippen molar-refractivity contribution < 1.29 is 0 Å². The van der Waals surface area contributed by atoms with Crippen LogP contribution in [0.25, 0.3) is 0 Å². The molecule has 0 spiro atoms. The van der Waals surface area contributed by atoms with Crippen molar-refractivity contribution in [2.45, 2.75) is 13.8 Å². The Labute approximate surface area is 81.7 Å². The van der Waals surface area contributed by atoms with E-state index >= 15 is 0 Å². The summed E-state index contributed by atoms with van der Waals surface area (Å²) in [5.74, 6) is 0. The summed E-state index contributed by atoms with van der Waals surface area (Å²) in [6.45, 7) is 4.12. The van der Waals surface area contributed by atoms with Gasteiger partial charge in [0.05, 0.1) is 0 Å². The third kappa shape index (κ3) is 2.49. The molecular weight excluding hydrogens is 294 g/mol. The van der Waals surface area contributed by atoms with Gasteiger partial charge in [0.1, 0.15) is 0 Å². The van der Waals surface area contributed by atoms with Crippen molar-refractivity contribution in [2.24, 2.45) is 0 Å². The molecule has 62 valence electrons. The zero-order chi connectivity index (χ0) is 8.43. The first kappa shape index (κ1) is 9.62. The molecule has 0 aliphatic rings. The van der Waals surface area contributed by atoms with Crippen LogP contribution in [-0.2, 0) is 0 Å². The van der Waals surface area contributed by atoms with Crippen LogP contribution in [0.2, 0.25) is 0 Å². The van der Waals surface area contributed by atoms with Crippen molar-refractivity contribution in [3.05, 3.63) is 32.9 Å². The SMILES string of the molecule is Cc1ccc(I(Cl)Cl)c(C)c1. The molecule has 0 radical (unpaired) electrons. The molecule has 3 heteroatoms. The van der Waals surface area contributed by atoms with Crippen LogP contribution in [0.15, 0.2) is 18.2 Å². The summed E-state index contributed by atoms with van der Waals surface area (Å²) in [7, 11) is 11.8. The summed E-state index contributed by atoms with van der Waals surface area (Å²) < 4.78 is 1.16. The van der Waals surface area contributed by atoms with E-state index in [-0.39, 0.29) is 0 Å². The van der Waals surface area contributed by atoms with Gasteiger partial charge < -0.3 is 0 Å². The molecule has 0 aliphatic heterocycles. The topological polar surface area (TPSA) is 0 Å². The maximum absolute atomic E-state index is 5.88. The molecule has 0 heterocycles. The van der Waals surface area contributed by atoms with Crippen molar-refractivity contribution in [3.8, 4) is 0 Å². The van der Waals surface area contributed by atoms with E-state index < -0.39 is 17.6 Å². The Kier molecular flexibility index (Phi) is 3.47. The summed E-state index contributed by atoms with van der Waals surface area (Å²) >= 11 is -1.80. The molecule has 1 rings (SSSR count). The summed E-state index contributed by atoms with van der Waals surface area (Å²) in [6, 6.07) is 6.21. The van der Waals surface area contributed by atoms with E-state index in [1.54, 1.807) is 0 Å². The van der Waals surface area contributed by atoms with Crippen LogP contribution >= 0.6 is 35.4 Å². The van der Waals surface area contributed by atoms with Crippen LogP contribution in [0.5, 0.6) is 0 Å². The Morgan fingerprint density at radius 1 is 1.18 bits per heavy atom. The molecule has 0 N–H and O–H groups in total. The van der Waals surface area contributed by atoms with E-state index in [1.807, 2.05) is 6.07 Å². The average molecular weight is 303 g/mol. The van der Waals surface area contributed by atoms with E-state index in [1.165, 1.54) is 11.1 Å². The van der Waals surface area contributed by atoms with Gasteiger partial charge in [-0.2, -0.15) is 0 Å². The molecule has 0 nitrogen and oxygen atoms in total. The number of halogens is 3. The van der Waals surface area contributed by atoms with E-state index in [9.17, 15) is 0 Å². The second-order valence-corrected chi connectivity index (χ2v) is 9.55. The molecule has 11 heavy (non-hydrogen) atoms. The fraction of sp³-hybridized carbons (Fsp3) is 0.250. The van der Waals surface area contributed by atoms with E-state index in [4.69, 9.17) is 17.8 Å². The summed E-state index contributed by atoms with van der Waals surface area (Å²) in [5, 5.41) is 0. The Morgan fingerprint density at radius 2 is 1.82 bits per heavy atom. The van der Waals surface area contributed by atoms with Gasteiger partial charge in [-0.25, -0.2) is 0 Å². The Balaban J connectivity index is 3.09. The van der Waals surface area contributed by atoms with Crippen molar-refractivity contribution in [1.82, 2.24) is 0 Å². The van der Waals surface area contributed by atoms with E-state index in [2.05, 4.69) is 26.0 Å². The molecule has 1 aromatic rings. The predicted octanol–water partition coefficient (Wildman–Crippen LogP) is 4.29. The molecular formula is C8H9Cl2I. The first-order chi connectivity index (χ1) is 5.11. The van der Waals surface area contributed by atoms with Crippen LogP contribution in [-0.4, -0.2) is 0 Å². The fourth-order valence-corrected chi connectivity index (χ4v) is 4.36. The van der Waals surface area contributed by atoms with Crippen LogP contribution in [0.4, 0.5) is 0 Å². The zero-order valence-corrected chi connectivity index (χ0v) is 10.0. The Hall–Kier alpha value is 0.530. The molecule has 1 aromatic carbocycles. The van der Waals surface area contributed by atoms with Crippen LogP contribution in [0.1, 0.15) is 11.1 Å². The number of rotatable bonds is 1. The first-order valence-electron chi connectivity index (χ1n) is 3.21. The third-order valence-electron chi connectivity index (χ3n) is 1.47. The monoisotopic (exact) mass is 302 g/mol. The second-order valence-electron chi connectivity index (χ2n) is 2.45. The summed E-state index contributed by atoms with van der Waals surface area (Å²) in [4.78, 5) is 0. The van der Waals surface area contributed by atoms with Crippen molar-refractivity contribution in [2.75, 3.05) is 0 Å². The molecule has 0 aromatic heterocycles. The van der Waals surface area contributed by atoms with Crippen LogP contribution in [0.3, 0.4) is 0 Å². The minimum atomic E-state index is -1.80. The number of benzene rings is 1. The molecule has 0 fully saturated rings. The quantitative estimate of drug-likeness (QED) is 0.679. The standard InChI is InChI=1S/C8H9Cl2I/c1-6-3-4-8(11(9)10)7(2)5-6/h3-5H,1-2H3. The number of hydrogen-bond acceptors (Lipinski definition) is 0. The minimum absolute atomic E-state index is 1.16. The molecule has 0 bridgehead atoms. The van der Waals surface area contributed by atoms with Gasteiger partial charge >= 0.3 is 82.1 Å². The zero-order valence-electron chi connectivity index (χ0n) is 6.37. The normalized spacial score (nSPS) is 11.5. The molecule has 0 saturated carbocycles. The van der Waals surface area contributed by atoms with Gasteiger partial charge in [0.25, 0.3) is 0 Å². The van der Waals surface area contributed by atoms with Gasteiger partial charge in [0.2, 0.25) is 0 Å². The maximum atomic E-state index is 5.88. The van der Waals surface area contributed by atoms with Crippen molar-refractivity contribution >= 4 is 35.4 Å². The summed E-state index contributed by atoms with van der Waals surface area (Å²) in [5.41, 5.74) is 2.48. The van der Waals surface area contributed by atoms with E-state index in [0.29, 0.717) is 0 Å².